The number of hydrogen-bond donors (Lipinski definition) is 1. The van der Waals surface area contributed by atoms with Gasteiger partial charge in [-0.1, -0.05) is 0 Å². The van der Waals surface area contributed by atoms with Crippen LogP contribution in [0.1, 0.15) is 25.7 Å². The van der Waals surface area contributed by atoms with Crippen LogP contribution in [0.2, 0.25) is 0 Å². The predicted molar refractivity (Wildman–Crippen MR) is 59.5 cm³/mol. The van der Waals surface area contributed by atoms with Crippen molar-refractivity contribution >= 4 is 9.84 Å². The highest BCUT2D eigenvalue weighted by atomic mass is 32.2. The summed E-state index contributed by atoms with van der Waals surface area (Å²) in [6.07, 6.45) is -1.89. The van der Waals surface area contributed by atoms with Gasteiger partial charge in [0, 0.05) is 18.1 Å². The summed E-state index contributed by atoms with van der Waals surface area (Å²) in [5.74, 6) is -1.38. The first-order valence-corrected chi connectivity index (χ1v) is 7.74. The van der Waals surface area contributed by atoms with Crippen LogP contribution in [-0.4, -0.2) is 39.2 Å². The van der Waals surface area contributed by atoms with Crippen LogP contribution in [0.4, 0.5) is 13.2 Å². The monoisotopic (exact) mass is 273 g/mol. The number of alkyl halides is 3. The second kappa shape index (κ2) is 5.56. The van der Waals surface area contributed by atoms with Crippen molar-refractivity contribution in [2.45, 2.75) is 37.9 Å². The third-order valence-electron chi connectivity index (χ3n) is 3.03. The number of sulfone groups is 1. The van der Waals surface area contributed by atoms with Crippen LogP contribution in [0.25, 0.3) is 0 Å². The van der Waals surface area contributed by atoms with Crippen molar-refractivity contribution < 1.29 is 21.6 Å². The SMILES string of the molecule is CS(=O)(=O)CCCC1NCCCC1C(F)(F)F. The summed E-state index contributed by atoms with van der Waals surface area (Å²) < 4.78 is 59.9. The first-order valence-electron chi connectivity index (χ1n) is 5.68. The summed E-state index contributed by atoms with van der Waals surface area (Å²) in [5.41, 5.74) is 0. The molecule has 1 N–H and O–H groups in total. The fourth-order valence-corrected chi connectivity index (χ4v) is 2.90. The Morgan fingerprint density at radius 2 is 2.00 bits per heavy atom. The van der Waals surface area contributed by atoms with Gasteiger partial charge in [-0.15, -0.1) is 0 Å². The van der Waals surface area contributed by atoms with E-state index in [0.29, 0.717) is 13.0 Å². The standard InChI is InChI=1S/C10H18F3NO2S/c1-17(15,16)7-3-5-9-8(10(11,12)13)4-2-6-14-9/h8-9,14H,2-7H2,1H3. The molecule has 0 radical (unpaired) electrons. The molecular formula is C10H18F3NO2S. The van der Waals surface area contributed by atoms with Crippen LogP contribution in [0.5, 0.6) is 0 Å². The highest BCUT2D eigenvalue weighted by Gasteiger charge is 2.45. The third-order valence-corrected chi connectivity index (χ3v) is 4.07. The lowest BCUT2D eigenvalue weighted by Crippen LogP contribution is -2.47. The van der Waals surface area contributed by atoms with Gasteiger partial charge >= 0.3 is 6.18 Å². The van der Waals surface area contributed by atoms with Crippen LogP contribution in [0.3, 0.4) is 0 Å². The molecule has 3 nitrogen and oxygen atoms in total. The minimum absolute atomic E-state index is 0.0459. The van der Waals surface area contributed by atoms with Crippen LogP contribution in [0.15, 0.2) is 0 Å². The predicted octanol–water partition coefficient (Wildman–Crippen LogP) is 1.74. The molecule has 7 heteroatoms. The highest BCUT2D eigenvalue weighted by molar-refractivity contribution is 7.90. The molecule has 1 fully saturated rings. The van der Waals surface area contributed by atoms with E-state index < -0.39 is 28.0 Å². The molecular weight excluding hydrogens is 255 g/mol. The molecule has 0 aliphatic carbocycles. The fourth-order valence-electron chi connectivity index (χ4n) is 2.21. The van der Waals surface area contributed by atoms with Crippen molar-refractivity contribution in [1.29, 1.82) is 0 Å². The van der Waals surface area contributed by atoms with Gasteiger partial charge in [-0.05, 0) is 32.2 Å². The second-order valence-electron chi connectivity index (χ2n) is 4.62. The van der Waals surface area contributed by atoms with Gasteiger partial charge in [0.05, 0.1) is 5.92 Å². The zero-order valence-electron chi connectivity index (χ0n) is 9.76. The van der Waals surface area contributed by atoms with Crippen LogP contribution < -0.4 is 5.32 Å². The first kappa shape index (κ1) is 14.8. The summed E-state index contributed by atoms with van der Waals surface area (Å²) in [5, 5.41) is 2.85. The summed E-state index contributed by atoms with van der Waals surface area (Å²) >= 11 is 0. The lowest BCUT2D eigenvalue weighted by molar-refractivity contribution is -0.188. The number of piperidine rings is 1. The van der Waals surface area contributed by atoms with Gasteiger partial charge in [0.25, 0.3) is 0 Å². The first-order chi connectivity index (χ1) is 7.70. The molecule has 2 atom stereocenters. The van der Waals surface area contributed by atoms with Gasteiger partial charge in [-0.25, -0.2) is 8.42 Å². The van der Waals surface area contributed by atoms with Crippen molar-refractivity contribution in [3.8, 4) is 0 Å². The van der Waals surface area contributed by atoms with Gasteiger partial charge < -0.3 is 5.32 Å². The average Bonchev–Trinajstić information content (AvgIpc) is 2.15. The normalized spacial score (nSPS) is 27.1. The van der Waals surface area contributed by atoms with Crippen LogP contribution >= 0.6 is 0 Å². The molecule has 1 aliphatic rings. The van der Waals surface area contributed by atoms with Crippen LogP contribution in [0, 0.1) is 5.92 Å². The minimum atomic E-state index is -4.19. The maximum Gasteiger partial charge on any atom is 0.393 e. The van der Waals surface area contributed by atoms with Crippen molar-refractivity contribution in [2.24, 2.45) is 5.92 Å². The topological polar surface area (TPSA) is 46.2 Å². The zero-order chi connectivity index (χ0) is 13.1. The molecule has 2 unspecified atom stereocenters. The van der Waals surface area contributed by atoms with E-state index >= 15 is 0 Å². The molecule has 0 bridgehead atoms. The van der Waals surface area contributed by atoms with Gasteiger partial charge in [-0.2, -0.15) is 13.2 Å². The molecule has 0 aromatic carbocycles. The van der Waals surface area contributed by atoms with Gasteiger partial charge in [0.2, 0.25) is 0 Å². The molecule has 1 saturated heterocycles. The number of hydrogen-bond acceptors (Lipinski definition) is 3. The summed E-state index contributed by atoms with van der Waals surface area (Å²) in [4.78, 5) is 0. The molecule has 0 aromatic heterocycles. The summed E-state index contributed by atoms with van der Waals surface area (Å²) in [6, 6.07) is -0.634. The van der Waals surface area contributed by atoms with E-state index in [1.54, 1.807) is 0 Å². The Balaban J connectivity index is 2.49. The zero-order valence-corrected chi connectivity index (χ0v) is 10.6. The van der Waals surface area contributed by atoms with E-state index in [1.807, 2.05) is 0 Å². The third kappa shape index (κ3) is 5.25. The van der Waals surface area contributed by atoms with E-state index in [-0.39, 0.29) is 25.0 Å². The Labute approximate surface area is 99.7 Å². The highest BCUT2D eigenvalue weighted by Crippen LogP contribution is 2.35. The fraction of sp³-hybridized carbons (Fsp3) is 1.00. The van der Waals surface area contributed by atoms with E-state index in [9.17, 15) is 21.6 Å². The number of nitrogens with one attached hydrogen (secondary N) is 1. The molecule has 17 heavy (non-hydrogen) atoms. The lowest BCUT2D eigenvalue weighted by Gasteiger charge is -2.34. The molecule has 1 aliphatic heterocycles. The molecule has 1 heterocycles. The molecule has 0 spiro atoms. The Bertz CT molecular complexity index is 340. The average molecular weight is 273 g/mol. The lowest BCUT2D eigenvalue weighted by atomic mass is 9.88. The van der Waals surface area contributed by atoms with E-state index in [0.717, 1.165) is 6.26 Å². The second-order valence-corrected chi connectivity index (χ2v) is 6.88. The maximum atomic E-state index is 12.7. The van der Waals surface area contributed by atoms with Crippen molar-refractivity contribution in [1.82, 2.24) is 5.32 Å². The Hall–Kier alpha value is -0.300. The summed E-state index contributed by atoms with van der Waals surface area (Å²) in [7, 11) is -3.09. The van der Waals surface area contributed by atoms with Gasteiger partial charge in [0.15, 0.2) is 0 Å². The van der Waals surface area contributed by atoms with Gasteiger partial charge in [0.1, 0.15) is 9.84 Å². The largest absolute Gasteiger partial charge is 0.393 e. The summed E-state index contributed by atoms with van der Waals surface area (Å²) in [6.45, 7) is 0.579. The molecule has 0 saturated carbocycles. The molecule has 0 amide bonds. The van der Waals surface area contributed by atoms with E-state index in [1.165, 1.54) is 0 Å². The molecule has 1 rings (SSSR count). The number of halogens is 3. The van der Waals surface area contributed by atoms with Crippen LogP contribution in [-0.2, 0) is 9.84 Å². The smallest absolute Gasteiger partial charge is 0.313 e. The number of rotatable bonds is 4. The minimum Gasteiger partial charge on any atom is -0.313 e. The molecule has 0 aromatic rings. The van der Waals surface area contributed by atoms with E-state index in [4.69, 9.17) is 0 Å². The molecule has 102 valence electrons. The van der Waals surface area contributed by atoms with Gasteiger partial charge in [-0.3, -0.25) is 0 Å². The quantitative estimate of drug-likeness (QED) is 0.848. The van der Waals surface area contributed by atoms with E-state index in [2.05, 4.69) is 5.32 Å². The Morgan fingerprint density at radius 3 is 2.53 bits per heavy atom. The van der Waals surface area contributed by atoms with Crippen molar-refractivity contribution in [3.05, 3.63) is 0 Å². The van der Waals surface area contributed by atoms with Crippen molar-refractivity contribution in [3.63, 3.8) is 0 Å². The van der Waals surface area contributed by atoms with Crippen molar-refractivity contribution in [2.75, 3.05) is 18.6 Å². The Morgan fingerprint density at radius 1 is 1.35 bits per heavy atom. The maximum absolute atomic E-state index is 12.7. The Kier molecular flexibility index (Phi) is 4.83.